The molecule has 1 aromatic rings. The molecule has 1 fully saturated rings. The van der Waals surface area contributed by atoms with E-state index in [9.17, 15) is 9.90 Å². The van der Waals surface area contributed by atoms with Crippen molar-refractivity contribution in [1.29, 1.82) is 0 Å². The molecule has 0 radical (unpaired) electrons. The number of rotatable bonds is 3. The highest BCUT2D eigenvalue weighted by Crippen LogP contribution is 2.43. The van der Waals surface area contributed by atoms with Gasteiger partial charge in [0, 0.05) is 9.35 Å². The molecular weight excluding hydrogens is 276 g/mol. The van der Waals surface area contributed by atoms with Crippen molar-refractivity contribution in [2.24, 2.45) is 5.41 Å². The standard InChI is InChI=1S/C11H13BrO2S/c12-8-3-6-15-9(8)7-11(10(13)14)4-1-2-5-11/h3,6H,1-2,4-5,7H2,(H,13,14). The van der Waals surface area contributed by atoms with Gasteiger partial charge in [0.2, 0.25) is 0 Å². The number of aliphatic carboxylic acids is 1. The van der Waals surface area contributed by atoms with E-state index in [4.69, 9.17) is 0 Å². The van der Waals surface area contributed by atoms with Crippen LogP contribution in [0.3, 0.4) is 0 Å². The topological polar surface area (TPSA) is 37.3 Å². The summed E-state index contributed by atoms with van der Waals surface area (Å²) in [5.41, 5.74) is -0.493. The van der Waals surface area contributed by atoms with Gasteiger partial charge in [-0.3, -0.25) is 4.79 Å². The Labute approximate surface area is 101 Å². The predicted molar refractivity (Wildman–Crippen MR) is 64.3 cm³/mol. The Morgan fingerprint density at radius 1 is 1.53 bits per heavy atom. The van der Waals surface area contributed by atoms with E-state index in [1.807, 2.05) is 11.4 Å². The third kappa shape index (κ3) is 2.11. The van der Waals surface area contributed by atoms with Crippen LogP contribution in [0.2, 0.25) is 0 Å². The van der Waals surface area contributed by atoms with Gasteiger partial charge in [-0.25, -0.2) is 0 Å². The number of hydrogen-bond acceptors (Lipinski definition) is 2. The fourth-order valence-electron chi connectivity index (χ4n) is 2.28. The molecular formula is C11H13BrO2S. The largest absolute Gasteiger partial charge is 0.481 e. The second-order valence-corrected chi connectivity index (χ2v) is 6.02. The smallest absolute Gasteiger partial charge is 0.309 e. The maximum atomic E-state index is 11.4. The normalized spacial score (nSPS) is 19.3. The van der Waals surface area contributed by atoms with Gasteiger partial charge in [0.1, 0.15) is 0 Å². The summed E-state index contributed by atoms with van der Waals surface area (Å²) < 4.78 is 1.06. The van der Waals surface area contributed by atoms with Crippen LogP contribution in [0.1, 0.15) is 30.6 Å². The van der Waals surface area contributed by atoms with E-state index >= 15 is 0 Å². The molecule has 0 amide bonds. The molecule has 4 heteroatoms. The van der Waals surface area contributed by atoms with Crippen LogP contribution in [-0.4, -0.2) is 11.1 Å². The number of carboxylic acid groups (broad SMARTS) is 1. The predicted octanol–water partition coefficient (Wildman–Crippen LogP) is 3.70. The van der Waals surface area contributed by atoms with Crippen molar-refractivity contribution in [3.05, 3.63) is 20.8 Å². The molecule has 0 atom stereocenters. The summed E-state index contributed by atoms with van der Waals surface area (Å²) in [4.78, 5) is 12.5. The van der Waals surface area contributed by atoms with Crippen LogP contribution >= 0.6 is 27.3 Å². The fourth-order valence-corrected chi connectivity index (χ4v) is 3.91. The molecule has 0 saturated heterocycles. The summed E-state index contributed by atoms with van der Waals surface area (Å²) in [6.45, 7) is 0. The lowest BCUT2D eigenvalue weighted by atomic mass is 9.82. The van der Waals surface area contributed by atoms with Gasteiger partial charge in [-0.2, -0.15) is 0 Å². The van der Waals surface area contributed by atoms with Crippen molar-refractivity contribution in [3.63, 3.8) is 0 Å². The molecule has 1 N–H and O–H groups in total. The molecule has 15 heavy (non-hydrogen) atoms. The first-order chi connectivity index (χ1) is 7.14. The molecule has 0 aliphatic heterocycles. The van der Waals surface area contributed by atoms with Gasteiger partial charge in [-0.1, -0.05) is 12.8 Å². The van der Waals surface area contributed by atoms with Crippen molar-refractivity contribution < 1.29 is 9.90 Å². The minimum absolute atomic E-state index is 0.493. The highest BCUT2D eigenvalue weighted by atomic mass is 79.9. The number of carbonyl (C=O) groups is 1. The summed E-state index contributed by atoms with van der Waals surface area (Å²) in [6.07, 6.45) is 4.44. The van der Waals surface area contributed by atoms with Gasteiger partial charge in [0.05, 0.1) is 5.41 Å². The van der Waals surface area contributed by atoms with Crippen molar-refractivity contribution in [2.45, 2.75) is 32.1 Å². The second-order valence-electron chi connectivity index (χ2n) is 4.16. The van der Waals surface area contributed by atoms with E-state index in [0.29, 0.717) is 6.42 Å². The van der Waals surface area contributed by atoms with E-state index in [1.165, 1.54) is 4.88 Å². The molecule has 0 spiro atoms. The molecule has 1 saturated carbocycles. The van der Waals surface area contributed by atoms with Crippen LogP contribution in [0, 0.1) is 5.41 Å². The van der Waals surface area contributed by atoms with Crippen LogP contribution in [-0.2, 0) is 11.2 Å². The van der Waals surface area contributed by atoms with Gasteiger partial charge in [-0.15, -0.1) is 11.3 Å². The van der Waals surface area contributed by atoms with Gasteiger partial charge < -0.3 is 5.11 Å². The second kappa shape index (κ2) is 4.26. The van der Waals surface area contributed by atoms with Gasteiger partial charge >= 0.3 is 5.97 Å². The molecule has 0 aromatic carbocycles. The van der Waals surface area contributed by atoms with Crippen LogP contribution in [0.15, 0.2) is 15.9 Å². The van der Waals surface area contributed by atoms with Crippen LogP contribution in [0.4, 0.5) is 0 Å². The van der Waals surface area contributed by atoms with E-state index in [0.717, 1.165) is 30.2 Å². The zero-order valence-corrected chi connectivity index (χ0v) is 10.7. The Balaban J connectivity index is 2.21. The Bertz CT molecular complexity index is 366. The lowest BCUT2D eigenvalue weighted by Gasteiger charge is -2.23. The molecule has 82 valence electrons. The van der Waals surface area contributed by atoms with E-state index in [-0.39, 0.29) is 0 Å². The van der Waals surface area contributed by atoms with Crippen LogP contribution < -0.4 is 0 Å². The molecule has 2 rings (SSSR count). The lowest BCUT2D eigenvalue weighted by molar-refractivity contribution is -0.148. The minimum atomic E-state index is -0.625. The summed E-state index contributed by atoms with van der Waals surface area (Å²) in [5.74, 6) is -0.625. The maximum Gasteiger partial charge on any atom is 0.309 e. The first-order valence-corrected chi connectivity index (χ1v) is 6.77. The van der Waals surface area contributed by atoms with Gasteiger partial charge in [0.15, 0.2) is 0 Å². The minimum Gasteiger partial charge on any atom is -0.481 e. The van der Waals surface area contributed by atoms with E-state index in [1.54, 1.807) is 11.3 Å². The van der Waals surface area contributed by atoms with Crippen LogP contribution in [0.5, 0.6) is 0 Å². The zero-order chi connectivity index (χ0) is 10.9. The number of halogens is 1. The number of hydrogen-bond donors (Lipinski definition) is 1. The van der Waals surface area contributed by atoms with Crippen LogP contribution in [0.25, 0.3) is 0 Å². The fraction of sp³-hybridized carbons (Fsp3) is 0.545. The summed E-state index contributed by atoms with van der Waals surface area (Å²) in [7, 11) is 0. The maximum absolute atomic E-state index is 11.4. The number of thiophene rings is 1. The first kappa shape index (κ1) is 11.1. The highest BCUT2D eigenvalue weighted by molar-refractivity contribution is 9.10. The molecule has 1 aromatic heterocycles. The van der Waals surface area contributed by atoms with Crippen molar-refractivity contribution in [1.82, 2.24) is 0 Å². The SMILES string of the molecule is O=C(O)C1(Cc2sccc2Br)CCCC1. The monoisotopic (exact) mass is 288 g/mol. The van der Waals surface area contributed by atoms with Gasteiger partial charge in [0.25, 0.3) is 0 Å². The molecule has 1 heterocycles. The third-order valence-corrected chi connectivity index (χ3v) is 5.13. The Hall–Kier alpha value is -0.350. The molecule has 2 nitrogen and oxygen atoms in total. The third-order valence-electron chi connectivity index (χ3n) is 3.20. The Kier molecular flexibility index (Phi) is 3.16. The molecule has 0 bridgehead atoms. The molecule has 1 aliphatic carbocycles. The average molecular weight is 289 g/mol. The van der Waals surface area contributed by atoms with Crippen molar-refractivity contribution in [2.75, 3.05) is 0 Å². The van der Waals surface area contributed by atoms with Crippen molar-refractivity contribution >= 4 is 33.2 Å². The number of carboxylic acids is 1. The lowest BCUT2D eigenvalue weighted by Crippen LogP contribution is -2.29. The first-order valence-electron chi connectivity index (χ1n) is 5.09. The van der Waals surface area contributed by atoms with Gasteiger partial charge in [-0.05, 0) is 46.6 Å². The Morgan fingerprint density at radius 2 is 2.20 bits per heavy atom. The molecule has 0 unspecified atom stereocenters. The molecule has 1 aliphatic rings. The highest BCUT2D eigenvalue weighted by Gasteiger charge is 2.41. The zero-order valence-electron chi connectivity index (χ0n) is 8.33. The Morgan fingerprint density at radius 3 is 2.67 bits per heavy atom. The van der Waals surface area contributed by atoms with E-state index in [2.05, 4.69) is 15.9 Å². The van der Waals surface area contributed by atoms with Crippen molar-refractivity contribution in [3.8, 4) is 0 Å². The average Bonchev–Trinajstić information content (AvgIpc) is 2.78. The summed E-state index contributed by atoms with van der Waals surface area (Å²) in [5, 5.41) is 11.3. The van der Waals surface area contributed by atoms with E-state index < -0.39 is 11.4 Å². The summed E-state index contributed by atoms with van der Waals surface area (Å²) >= 11 is 5.11. The quantitative estimate of drug-likeness (QED) is 0.921. The summed E-state index contributed by atoms with van der Waals surface area (Å²) in [6, 6.07) is 1.99.